The van der Waals surface area contributed by atoms with Gasteiger partial charge in [-0.25, -0.2) is 4.98 Å². The largest absolute Gasteiger partial charge is 0.573 e. The Morgan fingerprint density at radius 3 is 2.50 bits per heavy atom. The number of halogens is 5. The van der Waals surface area contributed by atoms with Crippen LogP contribution in [0.25, 0.3) is 10.2 Å². The molecule has 32 heavy (non-hydrogen) atoms. The van der Waals surface area contributed by atoms with Crippen molar-refractivity contribution in [2.45, 2.75) is 6.36 Å². The first-order valence-corrected chi connectivity index (χ1v) is 10.2. The third-order valence-corrected chi connectivity index (χ3v) is 5.50. The first-order chi connectivity index (χ1) is 14.6. The van der Waals surface area contributed by atoms with E-state index in [1.165, 1.54) is 36.3 Å². The third-order valence-electron chi connectivity index (χ3n) is 4.22. The van der Waals surface area contributed by atoms with E-state index in [9.17, 15) is 18.0 Å². The number of nitrogens with zero attached hydrogens (tertiary/aromatic N) is 3. The van der Waals surface area contributed by atoms with E-state index in [4.69, 9.17) is 16.3 Å². The Bertz CT molecular complexity index is 1090. The number of amides is 1. The van der Waals surface area contributed by atoms with E-state index >= 15 is 0 Å². The quantitative estimate of drug-likeness (QED) is 0.421. The number of rotatable bonds is 7. The number of likely N-dealkylation sites (N-methyl/N-ethyl adjacent to an activating group) is 1. The van der Waals surface area contributed by atoms with Crippen LogP contribution in [-0.4, -0.2) is 56.4 Å². The molecule has 1 heterocycles. The predicted octanol–water partition coefficient (Wildman–Crippen LogP) is 5.49. The molecule has 0 spiro atoms. The van der Waals surface area contributed by atoms with E-state index in [0.29, 0.717) is 39.2 Å². The highest BCUT2D eigenvalue weighted by Gasteiger charge is 2.31. The lowest BCUT2D eigenvalue weighted by Gasteiger charge is -2.23. The van der Waals surface area contributed by atoms with Crippen molar-refractivity contribution in [2.24, 2.45) is 0 Å². The van der Waals surface area contributed by atoms with Gasteiger partial charge in [-0.15, -0.1) is 25.6 Å². The fourth-order valence-corrected chi connectivity index (χ4v) is 3.97. The van der Waals surface area contributed by atoms with Gasteiger partial charge in [0.05, 0.1) is 22.9 Å². The molecule has 0 aliphatic carbocycles. The van der Waals surface area contributed by atoms with Gasteiger partial charge in [0.1, 0.15) is 11.5 Å². The number of hydrogen-bond donors (Lipinski definition) is 0. The van der Waals surface area contributed by atoms with Crippen LogP contribution in [0, 0.1) is 0 Å². The summed E-state index contributed by atoms with van der Waals surface area (Å²) in [4.78, 5) is 21.2. The summed E-state index contributed by atoms with van der Waals surface area (Å²) in [6.45, 7) is 0.834. The van der Waals surface area contributed by atoms with Crippen molar-refractivity contribution in [3.8, 4) is 11.5 Å². The molecule has 0 N–H and O–H groups in total. The maximum atomic E-state index is 13.4. The van der Waals surface area contributed by atoms with Crippen LogP contribution in [0.2, 0.25) is 5.02 Å². The lowest BCUT2D eigenvalue weighted by molar-refractivity contribution is -0.274. The molecule has 12 heteroatoms. The van der Waals surface area contributed by atoms with Gasteiger partial charge in [-0.1, -0.05) is 22.9 Å². The molecule has 0 fully saturated rings. The monoisotopic (exact) mass is 509 g/mol. The molecule has 0 saturated heterocycles. The minimum atomic E-state index is -4.79. The average molecular weight is 510 g/mol. The second-order valence-electron chi connectivity index (χ2n) is 6.78. The Morgan fingerprint density at radius 1 is 1.16 bits per heavy atom. The second kappa shape index (κ2) is 10.6. The lowest BCUT2D eigenvalue weighted by atomic mass is 10.1. The van der Waals surface area contributed by atoms with Crippen molar-refractivity contribution in [3.05, 3.63) is 47.0 Å². The first-order valence-electron chi connectivity index (χ1n) is 9.04. The average Bonchev–Trinajstić information content (AvgIpc) is 3.09. The molecular formula is C20H20Cl2F3N3O3S. The van der Waals surface area contributed by atoms with Crippen molar-refractivity contribution in [1.82, 2.24) is 9.88 Å². The summed E-state index contributed by atoms with van der Waals surface area (Å²) in [6, 6.07) is 8.57. The summed E-state index contributed by atoms with van der Waals surface area (Å²) < 4.78 is 47.3. The van der Waals surface area contributed by atoms with Gasteiger partial charge >= 0.3 is 6.36 Å². The number of benzene rings is 2. The number of carbonyl (C=O) groups excluding carboxylic acids is 1. The lowest BCUT2D eigenvalue weighted by Crippen LogP contribution is -2.37. The molecule has 6 nitrogen and oxygen atoms in total. The molecule has 0 bridgehead atoms. The minimum absolute atomic E-state index is 0. The van der Waals surface area contributed by atoms with Crippen molar-refractivity contribution in [2.75, 3.05) is 39.2 Å². The van der Waals surface area contributed by atoms with Crippen LogP contribution in [0.4, 0.5) is 18.3 Å². The predicted molar refractivity (Wildman–Crippen MR) is 122 cm³/mol. The molecule has 0 aliphatic heterocycles. The van der Waals surface area contributed by atoms with E-state index in [2.05, 4.69) is 9.72 Å². The van der Waals surface area contributed by atoms with Crippen LogP contribution < -0.4 is 14.4 Å². The van der Waals surface area contributed by atoms with Gasteiger partial charge in [0, 0.05) is 24.2 Å². The third kappa shape index (κ3) is 6.38. The van der Waals surface area contributed by atoms with E-state index < -0.39 is 6.36 Å². The second-order valence-corrected chi connectivity index (χ2v) is 8.22. The summed E-state index contributed by atoms with van der Waals surface area (Å²) >= 11 is 7.17. The number of hydrogen-bond acceptors (Lipinski definition) is 6. The molecule has 0 radical (unpaired) electrons. The molecular weight excluding hydrogens is 490 g/mol. The summed E-state index contributed by atoms with van der Waals surface area (Å²) in [6.07, 6.45) is -4.79. The Morgan fingerprint density at radius 2 is 1.88 bits per heavy atom. The summed E-state index contributed by atoms with van der Waals surface area (Å²) in [5.41, 5.74) is 0.712. The number of carbonyl (C=O) groups is 1. The normalized spacial score (nSPS) is 11.4. The maximum Gasteiger partial charge on any atom is 0.573 e. The number of ether oxygens (including phenoxy) is 2. The Labute approximate surface area is 197 Å². The Kier molecular flexibility index (Phi) is 8.58. The molecule has 3 aromatic rings. The topological polar surface area (TPSA) is 54.9 Å². The highest BCUT2D eigenvalue weighted by molar-refractivity contribution is 7.22. The molecule has 3 rings (SSSR count). The number of thiazole rings is 1. The number of aromatic nitrogens is 1. The number of fused-ring (bicyclic) bond motifs is 1. The van der Waals surface area contributed by atoms with E-state index in [1.54, 1.807) is 12.1 Å². The van der Waals surface area contributed by atoms with Gasteiger partial charge in [0.15, 0.2) is 5.13 Å². The SMILES string of the molecule is COc1ccc(Cl)cc1C(=O)N(CCN(C)C)c1nc2ccc(OC(F)(F)F)cc2s1.Cl. The number of methoxy groups -OCH3 is 1. The van der Waals surface area contributed by atoms with Gasteiger partial charge in [0.2, 0.25) is 0 Å². The molecule has 1 amide bonds. The van der Waals surface area contributed by atoms with Crippen LogP contribution in [0.5, 0.6) is 11.5 Å². The van der Waals surface area contributed by atoms with Crippen LogP contribution >= 0.6 is 35.3 Å². The van der Waals surface area contributed by atoms with Crippen molar-refractivity contribution in [1.29, 1.82) is 0 Å². The van der Waals surface area contributed by atoms with Gasteiger partial charge in [-0.2, -0.15) is 0 Å². The Hall–Kier alpha value is -2.27. The zero-order chi connectivity index (χ0) is 22.8. The van der Waals surface area contributed by atoms with E-state index in [1.807, 2.05) is 19.0 Å². The van der Waals surface area contributed by atoms with Gasteiger partial charge in [0.25, 0.3) is 5.91 Å². The van der Waals surface area contributed by atoms with Gasteiger partial charge < -0.3 is 14.4 Å². The van der Waals surface area contributed by atoms with Gasteiger partial charge in [-0.3, -0.25) is 9.69 Å². The van der Waals surface area contributed by atoms with Crippen LogP contribution in [0.15, 0.2) is 36.4 Å². The van der Waals surface area contributed by atoms with Crippen LogP contribution in [0.3, 0.4) is 0 Å². The fourth-order valence-electron chi connectivity index (χ4n) is 2.78. The summed E-state index contributed by atoms with van der Waals surface area (Å²) in [5, 5.41) is 0.711. The maximum absolute atomic E-state index is 13.4. The highest BCUT2D eigenvalue weighted by atomic mass is 35.5. The van der Waals surface area contributed by atoms with E-state index in [-0.39, 0.29) is 29.6 Å². The van der Waals surface area contributed by atoms with Crippen molar-refractivity contribution in [3.63, 3.8) is 0 Å². The zero-order valence-electron chi connectivity index (χ0n) is 17.3. The number of alkyl halides is 3. The molecule has 0 unspecified atom stereocenters. The smallest absolute Gasteiger partial charge is 0.496 e. The summed E-state index contributed by atoms with van der Waals surface area (Å²) in [5.74, 6) is -0.379. The van der Waals surface area contributed by atoms with Crippen molar-refractivity contribution < 1.29 is 27.4 Å². The molecule has 0 atom stereocenters. The highest BCUT2D eigenvalue weighted by Crippen LogP contribution is 2.34. The molecule has 2 aromatic carbocycles. The summed E-state index contributed by atoms with van der Waals surface area (Å²) in [7, 11) is 5.17. The minimum Gasteiger partial charge on any atom is -0.496 e. The molecule has 174 valence electrons. The van der Waals surface area contributed by atoms with Crippen LogP contribution in [-0.2, 0) is 0 Å². The number of anilines is 1. The van der Waals surface area contributed by atoms with Crippen molar-refractivity contribution >= 4 is 56.6 Å². The van der Waals surface area contributed by atoms with E-state index in [0.717, 1.165) is 11.3 Å². The fraction of sp³-hybridized carbons (Fsp3) is 0.300. The molecule has 0 aliphatic rings. The standard InChI is InChI=1S/C20H19ClF3N3O3S.ClH/c1-26(2)8-9-27(18(28)14-10-12(21)4-7-16(14)29-3)19-25-15-6-5-13(11-17(15)31-19)30-20(22,23)24;/h4-7,10-11H,8-9H2,1-3H3;1H. The zero-order valence-corrected chi connectivity index (χ0v) is 19.7. The molecule has 0 saturated carbocycles. The Balaban J connectivity index is 0.00000363. The first kappa shape index (κ1) is 26.0. The molecule has 1 aromatic heterocycles. The van der Waals surface area contributed by atoms with Crippen LogP contribution in [0.1, 0.15) is 10.4 Å². The van der Waals surface area contributed by atoms with Gasteiger partial charge in [-0.05, 0) is 44.4 Å².